The van der Waals surface area contributed by atoms with Crippen molar-refractivity contribution in [1.82, 2.24) is 25.2 Å². The molecule has 0 radical (unpaired) electrons. The normalized spacial score (nSPS) is 11.3. The minimum atomic E-state index is -0.242. The molecule has 0 spiro atoms. The van der Waals surface area contributed by atoms with E-state index in [2.05, 4.69) is 41.6 Å². The predicted octanol–water partition coefficient (Wildman–Crippen LogP) is 4.73. The highest BCUT2D eigenvalue weighted by molar-refractivity contribution is 9.10. The topological polar surface area (TPSA) is 94.3 Å². The Hall–Kier alpha value is -3.50. The van der Waals surface area contributed by atoms with E-state index in [0.29, 0.717) is 16.7 Å². The van der Waals surface area contributed by atoms with Gasteiger partial charge in [0.15, 0.2) is 11.0 Å². The molecule has 2 heterocycles. The Balaban J connectivity index is 1.49. The van der Waals surface area contributed by atoms with Gasteiger partial charge in [-0.2, -0.15) is 5.10 Å². The maximum Gasteiger partial charge on any atom is 0.250 e. The molecule has 0 aliphatic heterocycles. The summed E-state index contributed by atoms with van der Waals surface area (Å²) in [6.07, 6.45) is 3.42. The van der Waals surface area contributed by atoms with E-state index in [9.17, 15) is 4.79 Å². The summed E-state index contributed by atoms with van der Waals surface area (Å²) in [6.45, 7) is 1.83. The van der Waals surface area contributed by atoms with Gasteiger partial charge in [0.25, 0.3) is 5.91 Å². The SMILES string of the molecule is COc1ccc(/C(C)=N/NC(=O)CSc2nnc(-c3ccncc3)n2-c2ccc(Br)cc2)cc1. The van der Waals surface area contributed by atoms with Crippen LogP contribution < -0.4 is 10.2 Å². The number of benzene rings is 2. The lowest BCUT2D eigenvalue weighted by Gasteiger charge is -2.10. The van der Waals surface area contributed by atoms with E-state index in [1.807, 2.05) is 72.2 Å². The molecule has 172 valence electrons. The van der Waals surface area contributed by atoms with Crippen molar-refractivity contribution in [1.29, 1.82) is 0 Å². The first-order chi connectivity index (χ1) is 16.5. The Bertz CT molecular complexity index is 1290. The van der Waals surface area contributed by atoms with Gasteiger partial charge in [0.2, 0.25) is 0 Å². The fraction of sp³-hybridized carbons (Fsp3) is 0.125. The van der Waals surface area contributed by atoms with Crippen LogP contribution in [0.25, 0.3) is 17.1 Å². The van der Waals surface area contributed by atoms with E-state index in [1.54, 1.807) is 19.5 Å². The minimum Gasteiger partial charge on any atom is -0.497 e. The smallest absolute Gasteiger partial charge is 0.250 e. The molecular weight excluding hydrogens is 516 g/mol. The Kier molecular flexibility index (Phi) is 7.71. The number of hydrogen-bond donors (Lipinski definition) is 1. The lowest BCUT2D eigenvalue weighted by atomic mass is 10.1. The molecule has 2 aromatic carbocycles. The molecule has 0 saturated carbocycles. The molecule has 34 heavy (non-hydrogen) atoms. The summed E-state index contributed by atoms with van der Waals surface area (Å²) in [4.78, 5) is 16.6. The third-order valence-corrected chi connectivity index (χ3v) is 6.30. The summed E-state index contributed by atoms with van der Waals surface area (Å²) in [5.41, 5.74) is 5.96. The molecule has 0 unspecified atom stereocenters. The lowest BCUT2D eigenvalue weighted by Crippen LogP contribution is -2.21. The van der Waals surface area contributed by atoms with Gasteiger partial charge in [-0.15, -0.1) is 10.2 Å². The zero-order valence-electron chi connectivity index (χ0n) is 18.5. The van der Waals surface area contributed by atoms with E-state index in [1.165, 1.54) is 11.8 Å². The number of ether oxygens (including phenoxy) is 1. The van der Waals surface area contributed by atoms with Crippen LogP contribution in [-0.4, -0.2) is 44.2 Å². The van der Waals surface area contributed by atoms with Crippen molar-refractivity contribution in [3.63, 3.8) is 0 Å². The van der Waals surface area contributed by atoms with Gasteiger partial charge in [-0.3, -0.25) is 14.3 Å². The average Bonchev–Trinajstić information content (AvgIpc) is 3.31. The third kappa shape index (κ3) is 5.70. The number of nitrogens with one attached hydrogen (secondary N) is 1. The van der Waals surface area contributed by atoms with Gasteiger partial charge < -0.3 is 4.74 Å². The van der Waals surface area contributed by atoms with Crippen LogP contribution in [0.2, 0.25) is 0 Å². The van der Waals surface area contributed by atoms with E-state index in [0.717, 1.165) is 27.0 Å². The molecule has 0 bridgehead atoms. The zero-order valence-corrected chi connectivity index (χ0v) is 20.9. The maximum absolute atomic E-state index is 12.5. The number of carbonyl (C=O) groups excluding carboxylic acids is 1. The van der Waals surface area contributed by atoms with Crippen LogP contribution in [0.15, 0.2) is 87.8 Å². The van der Waals surface area contributed by atoms with Gasteiger partial charge >= 0.3 is 0 Å². The summed E-state index contributed by atoms with van der Waals surface area (Å²) >= 11 is 4.75. The van der Waals surface area contributed by atoms with Crippen molar-refractivity contribution in [2.45, 2.75) is 12.1 Å². The monoisotopic (exact) mass is 536 g/mol. The van der Waals surface area contributed by atoms with Crippen molar-refractivity contribution in [2.24, 2.45) is 5.10 Å². The van der Waals surface area contributed by atoms with Crippen molar-refractivity contribution < 1.29 is 9.53 Å². The van der Waals surface area contributed by atoms with Gasteiger partial charge in [0.05, 0.1) is 18.6 Å². The highest BCUT2D eigenvalue weighted by atomic mass is 79.9. The number of thioether (sulfide) groups is 1. The highest BCUT2D eigenvalue weighted by Crippen LogP contribution is 2.28. The molecule has 4 aromatic rings. The van der Waals surface area contributed by atoms with Gasteiger partial charge in [-0.05, 0) is 73.2 Å². The maximum atomic E-state index is 12.5. The Morgan fingerprint density at radius 3 is 2.44 bits per heavy atom. The summed E-state index contributed by atoms with van der Waals surface area (Å²) in [6, 6.07) is 19.0. The number of rotatable bonds is 8. The second-order valence-corrected chi connectivity index (χ2v) is 8.96. The Morgan fingerprint density at radius 2 is 1.76 bits per heavy atom. The van der Waals surface area contributed by atoms with Gasteiger partial charge in [-0.1, -0.05) is 27.7 Å². The fourth-order valence-corrected chi connectivity index (χ4v) is 4.09. The number of halogens is 1. The standard InChI is InChI=1S/C24H21BrN6O2S/c1-16(17-3-9-21(33-2)10-4-17)27-28-22(32)15-34-24-30-29-23(18-11-13-26-14-12-18)31(24)20-7-5-19(25)6-8-20/h3-14H,15H2,1-2H3,(H,28,32)/b27-16+. The van der Waals surface area contributed by atoms with Crippen LogP contribution >= 0.6 is 27.7 Å². The molecular formula is C24H21BrN6O2S. The summed E-state index contributed by atoms with van der Waals surface area (Å²) < 4.78 is 8.06. The number of nitrogens with zero attached hydrogens (tertiary/aromatic N) is 5. The van der Waals surface area contributed by atoms with E-state index in [4.69, 9.17) is 4.74 Å². The molecule has 1 N–H and O–H groups in total. The van der Waals surface area contributed by atoms with E-state index < -0.39 is 0 Å². The summed E-state index contributed by atoms with van der Waals surface area (Å²) in [5.74, 6) is 1.32. The molecule has 1 amide bonds. The average molecular weight is 537 g/mol. The molecule has 4 rings (SSSR count). The molecule has 8 nitrogen and oxygen atoms in total. The number of methoxy groups -OCH3 is 1. The Morgan fingerprint density at radius 1 is 1.06 bits per heavy atom. The molecule has 0 aliphatic carbocycles. The van der Waals surface area contributed by atoms with Crippen LogP contribution in [-0.2, 0) is 4.79 Å². The van der Waals surface area contributed by atoms with Gasteiger partial charge in [-0.25, -0.2) is 5.43 Å². The van der Waals surface area contributed by atoms with Crippen LogP contribution in [0.5, 0.6) is 5.75 Å². The molecule has 10 heteroatoms. The first-order valence-corrected chi connectivity index (χ1v) is 12.0. The quantitative estimate of drug-likeness (QED) is 0.198. The minimum absolute atomic E-state index is 0.129. The number of hydrazone groups is 1. The summed E-state index contributed by atoms with van der Waals surface area (Å²) in [5, 5.41) is 13.5. The van der Waals surface area contributed by atoms with Crippen LogP contribution in [0.1, 0.15) is 12.5 Å². The highest BCUT2D eigenvalue weighted by Gasteiger charge is 2.17. The lowest BCUT2D eigenvalue weighted by molar-refractivity contribution is -0.118. The van der Waals surface area contributed by atoms with Crippen LogP contribution in [0, 0.1) is 0 Å². The first kappa shape index (κ1) is 23.7. The van der Waals surface area contributed by atoms with Gasteiger partial charge in [0.1, 0.15) is 5.75 Å². The number of pyridine rings is 1. The van der Waals surface area contributed by atoms with Crippen molar-refractivity contribution in [2.75, 3.05) is 12.9 Å². The van der Waals surface area contributed by atoms with Crippen molar-refractivity contribution >= 4 is 39.3 Å². The van der Waals surface area contributed by atoms with E-state index >= 15 is 0 Å². The predicted molar refractivity (Wildman–Crippen MR) is 136 cm³/mol. The zero-order chi connectivity index (χ0) is 23.9. The van der Waals surface area contributed by atoms with Crippen molar-refractivity contribution in [3.05, 3.63) is 83.1 Å². The fourth-order valence-electron chi connectivity index (χ4n) is 3.08. The first-order valence-electron chi connectivity index (χ1n) is 10.3. The number of carbonyl (C=O) groups is 1. The molecule has 0 saturated heterocycles. The Labute approximate surface area is 209 Å². The second kappa shape index (κ2) is 11.1. The molecule has 0 atom stereocenters. The molecule has 0 aliphatic rings. The largest absolute Gasteiger partial charge is 0.497 e. The summed E-state index contributed by atoms with van der Waals surface area (Å²) in [7, 11) is 1.62. The number of amides is 1. The van der Waals surface area contributed by atoms with E-state index in [-0.39, 0.29) is 11.7 Å². The second-order valence-electron chi connectivity index (χ2n) is 7.10. The van der Waals surface area contributed by atoms with Gasteiger partial charge in [0, 0.05) is 28.1 Å². The molecule has 2 aromatic heterocycles. The third-order valence-electron chi connectivity index (χ3n) is 4.85. The molecule has 0 fully saturated rings. The van der Waals surface area contributed by atoms with Crippen LogP contribution in [0.4, 0.5) is 0 Å². The number of aromatic nitrogens is 4. The number of hydrogen-bond acceptors (Lipinski definition) is 7. The van der Waals surface area contributed by atoms with Crippen LogP contribution in [0.3, 0.4) is 0 Å². The van der Waals surface area contributed by atoms with Crippen molar-refractivity contribution in [3.8, 4) is 22.8 Å².